The second kappa shape index (κ2) is 8.00. The molecular formula is C15H15BrCl2N4O2. The van der Waals surface area contributed by atoms with Crippen LogP contribution >= 0.6 is 39.1 Å². The first-order valence-corrected chi connectivity index (χ1v) is 8.52. The Morgan fingerprint density at radius 3 is 2.71 bits per heavy atom. The fourth-order valence-electron chi connectivity index (χ4n) is 1.98. The number of halogens is 3. The van der Waals surface area contributed by atoms with Crippen molar-refractivity contribution in [2.24, 2.45) is 10.9 Å². The third-order valence-electron chi connectivity index (χ3n) is 3.27. The molecule has 0 saturated carbocycles. The minimum Gasteiger partial charge on any atom is -0.380 e. The van der Waals surface area contributed by atoms with Crippen molar-refractivity contribution in [3.05, 3.63) is 49.7 Å². The molecule has 0 radical (unpaired) electrons. The van der Waals surface area contributed by atoms with E-state index in [0.717, 1.165) is 15.9 Å². The molecule has 9 heteroatoms. The molecule has 2 aromatic rings. The number of hydrogen-bond donors (Lipinski definition) is 1. The summed E-state index contributed by atoms with van der Waals surface area (Å²) in [6.07, 6.45) is 0.111. The lowest BCUT2D eigenvalue weighted by molar-refractivity contribution is -0.144. The van der Waals surface area contributed by atoms with E-state index in [-0.39, 0.29) is 12.3 Å². The number of carbonyl (C=O) groups excluding carboxylic acids is 1. The number of rotatable bonds is 5. The van der Waals surface area contributed by atoms with E-state index in [2.05, 4.69) is 26.2 Å². The molecule has 1 aromatic heterocycles. The Hall–Kier alpha value is -1.57. The van der Waals surface area contributed by atoms with Crippen LogP contribution in [-0.4, -0.2) is 21.6 Å². The Bertz CT molecular complexity index is 805. The summed E-state index contributed by atoms with van der Waals surface area (Å²) in [6.45, 7) is 4.18. The third-order valence-corrected chi connectivity index (χ3v) is 4.97. The number of aryl methyl sites for hydroxylation is 2. The van der Waals surface area contributed by atoms with Crippen molar-refractivity contribution in [1.82, 2.24) is 9.78 Å². The number of benzene rings is 1. The lowest BCUT2D eigenvalue weighted by atomic mass is 10.2. The van der Waals surface area contributed by atoms with Gasteiger partial charge in [-0.25, -0.2) is 4.79 Å². The second-order valence-corrected chi connectivity index (χ2v) is 6.66. The molecule has 2 rings (SSSR count). The number of amidine groups is 1. The van der Waals surface area contributed by atoms with Gasteiger partial charge in [-0.3, -0.25) is 4.68 Å². The molecule has 0 aliphatic carbocycles. The fraction of sp³-hybridized carbons (Fsp3) is 0.267. The highest BCUT2D eigenvalue weighted by molar-refractivity contribution is 9.10. The van der Waals surface area contributed by atoms with Gasteiger partial charge in [-0.2, -0.15) is 5.10 Å². The van der Waals surface area contributed by atoms with Crippen molar-refractivity contribution in [3.8, 4) is 0 Å². The number of carbonyl (C=O) groups is 1. The van der Waals surface area contributed by atoms with E-state index < -0.39 is 5.97 Å². The smallest absolute Gasteiger partial charge is 0.336 e. The second-order valence-electron chi connectivity index (χ2n) is 5.02. The van der Waals surface area contributed by atoms with Crippen molar-refractivity contribution in [3.63, 3.8) is 0 Å². The van der Waals surface area contributed by atoms with E-state index in [1.807, 2.05) is 13.8 Å². The number of nitrogens with two attached hydrogens (primary N) is 1. The summed E-state index contributed by atoms with van der Waals surface area (Å²) in [6, 6.07) is 4.75. The van der Waals surface area contributed by atoms with Crippen LogP contribution in [0.25, 0.3) is 0 Å². The van der Waals surface area contributed by atoms with Gasteiger partial charge in [-0.1, -0.05) is 28.4 Å². The van der Waals surface area contributed by atoms with Gasteiger partial charge in [0.25, 0.3) is 0 Å². The maximum absolute atomic E-state index is 11.8. The average Bonchev–Trinajstić information content (AvgIpc) is 2.77. The topological polar surface area (TPSA) is 82.5 Å². The predicted octanol–water partition coefficient (Wildman–Crippen LogP) is 3.82. The lowest BCUT2D eigenvalue weighted by Crippen LogP contribution is -2.16. The maximum atomic E-state index is 11.8. The molecular weight excluding hydrogens is 419 g/mol. The standard InChI is InChI=1S/C15H15BrCl2N4O2/c1-8-14(16)9(2)22(20-8)6-5-13(23)24-21-15(19)11-4-3-10(17)7-12(11)18/h3-4,7H,5-6H2,1-2H3,(H2,19,21). The number of oxime groups is 1. The largest absolute Gasteiger partial charge is 0.380 e. The summed E-state index contributed by atoms with van der Waals surface area (Å²) in [7, 11) is 0. The van der Waals surface area contributed by atoms with Crippen LogP contribution in [0.1, 0.15) is 23.4 Å². The van der Waals surface area contributed by atoms with E-state index in [9.17, 15) is 4.79 Å². The van der Waals surface area contributed by atoms with Gasteiger partial charge in [0.15, 0.2) is 5.84 Å². The van der Waals surface area contributed by atoms with E-state index >= 15 is 0 Å². The van der Waals surface area contributed by atoms with Gasteiger partial charge in [-0.15, -0.1) is 0 Å². The molecule has 0 aliphatic heterocycles. The molecule has 0 saturated heterocycles. The van der Waals surface area contributed by atoms with Crippen LogP contribution in [0.4, 0.5) is 0 Å². The molecule has 0 fully saturated rings. The van der Waals surface area contributed by atoms with E-state index in [0.29, 0.717) is 22.2 Å². The molecule has 0 aliphatic rings. The van der Waals surface area contributed by atoms with E-state index in [4.69, 9.17) is 33.8 Å². The first-order valence-electron chi connectivity index (χ1n) is 6.98. The summed E-state index contributed by atoms with van der Waals surface area (Å²) < 4.78 is 2.65. The van der Waals surface area contributed by atoms with E-state index in [1.165, 1.54) is 6.07 Å². The summed E-state index contributed by atoms with van der Waals surface area (Å²) in [5, 5.41) is 8.74. The van der Waals surface area contributed by atoms with Crippen molar-refractivity contribution >= 4 is 50.9 Å². The fourth-order valence-corrected chi connectivity index (χ4v) is 2.77. The summed E-state index contributed by atoms with van der Waals surface area (Å²) in [5.74, 6) is -0.523. The lowest BCUT2D eigenvalue weighted by Gasteiger charge is -2.05. The van der Waals surface area contributed by atoms with Gasteiger partial charge in [0.1, 0.15) is 0 Å². The summed E-state index contributed by atoms with van der Waals surface area (Å²) in [5.41, 5.74) is 8.01. The molecule has 128 valence electrons. The highest BCUT2D eigenvalue weighted by Gasteiger charge is 2.12. The van der Waals surface area contributed by atoms with Gasteiger partial charge < -0.3 is 10.6 Å². The van der Waals surface area contributed by atoms with Crippen molar-refractivity contribution in [1.29, 1.82) is 0 Å². The monoisotopic (exact) mass is 432 g/mol. The Labute approximate surface area is 157 Å². The van der Waals surface area contributed by atoms with Gasteiger partial charge in [0.05, 0.1) is 28.2 Å². The molecule has 0 spiro atoms. The molecule has 24 heavy (non-hydrogen) atoms. The van der Waals surface area contributed by atoms with Crippen LogP contribution in [0, 0.1) is 13.8 Å². The molecule has 0 atom stereocenters. The van der Waals surface area contributed by atoms with Crippen LogP contribution in [0.2, 0.25) is 10.0 Å². The minimum absolute atomic E-state index is 0.00104. The molecule has 1 heterocycles. The number of nitrogens with zero attached hydrogens (tertiary/aromatic N) is 3. The van der Waals surface area contributed by atoms with Gasteiger partial charge >= 0.3 is 5.97 Å². The Kier molecular flexibility index (Phi) is 6.26. The molecule has 0 amide bonds. The van der Waals surface area contributed by atoms with Crippen LogP contribution in [0.5, 0.6) is 0 Å². The zero-order valence-electron chi connectivity index (χ0n) is 13.0. The van der Waals surface area contributed by atoms with Crippen molar-refractivity contribution < 1.29 is 9.63 Å². The summed E-state index contributed by atoms with van der Waals surface area (Å²) >= 11 is 15.3. The Balaban J connectivity index is 1.95. The highest BCUT2D eigenvalue weighted by Crippen LogP contribution is 2.21. The van der Waals surface area contributed by atoms with Crippen molar-refractivity contribution in [2.45, 2.75) is 26.8 Å². The molecule has 2 N–H and O–H groups in total. The highest BCUT2D eigenvalue weighted by atomic mass is 79.9. The van der Waals surface area contributed by atoms with Crippen LogP contribution < -0.4 is 5.73 Å². The maximum Gasteiger partial charge on any atom is 0.336 e. The first-order chi connectivity index (χ1) is 11.3. The van der Waals surface area contributed by atoms with Crippen molar-refractivity contribution in [2.75, 3.05) is 0 Å². The SMILES string of the molecule is Cc1nn(CCC(=O)O/N=C(\N)c2ccc(Cl)cc2Cl)c(C)c1Br. The Morgan fingerprint density at radius 1 is 1.42 bits per heavy atom. The quantitative estimate of drug-likeness (QED) is 0.336. The Morgan fingerprint density at radius 2 is 2.12 bits per heavy atom. The zero-order valence-corrected chi connectivity index (χ0v) is 16.1. The predicted molar refractivity (Wildman–Crippen MR) is 97.3 cm³/mol. The number of hydrogen-bond acceptors (Lipinski definition) is 4. The molecule has 1 aromatic carbocycles. The first kappa shape index (κ1) is 18.8. The third kappa shape index (κ3) is 4.49. The summed E-state index contributed by atoms with van der Waals surface area (Å²) in [4.78, 5) is 16.6. The number of aromatic nitrogens is 2. The molecule has 0 bridgehead atoms. The van der Waals surface area contributed by atoms with Crippen LogP contribution in [-0.2, 0) is 16.2 Å². The van der Waals surface area contributed by atoms with Crippen LogP contribution in [0.15, 0.2) is 27.8 Å². The van der Waals surface area contributed by atoms with Gasteiger partial charge in [0.2, 0.25) is 0 Å². The van der Waals surface area contributed by atoms with Gasteiger partial charge in [-0.05, 0) is 48.0 Å². The average molecular weight is 434 g/mol. The molecule has 0 unspecified atom stereocenters. The zero-order chi connectivity index (χ0) is 17.9. The normalized spacial score (nSPS) is 11.6. The van der Waals surface area contributed by atoms with Crippen LogP contribution in [0.3, 0.4) is 0 Å². The van der Waals surface area contributed by atoms with Gasteiger partial charge in [0, 0.05) is 16.3 Å². The van der Waals surface area contributed by atoms with E-state index in [1.54, 1.807) is 16.8 Å². The molecule has 6 nitrogen and oxygen atoms in total. The minimum atomic E-state index is -0.522.